The van der Waals surface area contributed by atoms with Gasteiger partial charge in [0, 0.05) is 32.8 Å². The Morgan fingerprint density at radius 3 is 2.81 bits per heavy atom. The van der Waals surface area contributed by atoms with Crippen LogP contribution in [0.1, 0.15) is 24.9 Å². The van der Waals surface area contributed by atoms with Gasteiger partial charge in [-0.2, -0.15) is 0 Å². The smallest absolute Gasteiger partial charge is 0.146 e. The summed E-state index contributed by atoms with van der Waals surface area (Å²) >= 11 is 0. The molecule has 1 N–H and O–H groups in total. The number of nitrogens with one attached hydrogen (secondary N) is 1. The summed E-state index contributed by atoms with van der Waals surface area (Å²) in [6.07, 6.45) is 0.954. The highest BCUT2D eigenvalue weighted by molar-refractivity contribution is 5.49. The molecule has 21 heavy (non-hydrogen) atoms. The summed E-state index contributed by atoms with van der Waals surface area (Å²) in [4.78, 5) is 2.04. The lowest BCUT2D eigenvalue weighted by atomic mass is 10.1. The molecule has 1 aliphatic rings. The zero-order valence-corrected chi connectivity index (χ0v) is 12.9. The van der Waals surface area contributed by atoms with Crippen LogP contribution in [0.15, 0.2) is 18.2 Å². The maximum atomic E-state index is 14.3. The molecule has 5 heteroatoms. The molecule has 2 rings (SSSR count). The van der Waals surface area contributed by atoms with Gasteiger partial charge in [-0.25, -0.2) is 4.39 Å². The summed E-state index contributed by atoms with van der Waals surface area (Å²) in [5, 5.41) is 3.38. The van der Waals surface area contributed by atoms with E-state index in [2.05, 4.69) is 12.2 Å². The van der Waals surface area contributed by atoms with Gasteiger partial charge in [-0.3, -0.25) is 0 Å². The minimum absolute atomic E-state index is 0.134. The van der Waals surface area contributed by atoms with Crippen LogP contribution >= 0.6 is 0 Å². The third-order valence-corrected chi connectivity index (χ3v) is 3.80. The minimum atomic E-state index is -0.153. The highest BCUT2D eigenvalue weighted by Gasteiger charge is 2.16. The second-order valence-electron chi connectivity index (χ2n) is 5.33. The fourth-order valence-corrected chi connectivity index (χ4v) is 2.51. The van der Waals surface area contributed by atoms with Gasteiger partial charge in [0.15, 0.2) is 0 Å². The topological polar surface area (TPSA) is 33.7 Å². The normalized spacial score (nSPS) is 17.0. The molecule has 1 aromatic carbocycles. The molecule has 1 aliphatic heterocycles. The largest absolute Gasteiger partial charge is 0.385 e. The molecule has 4 nitrogen and oxygen atoms in total. The Kier molecular flexibility index (Phi) is 6.42. The number of nitrogens with zero attached hydrogens (tertiary/aromatic N) is 1. The zero-order valence-electron chi connectivity index (χ0n) is 12.9. The van der Waals surface area contributed by atoms with Crippen molar-refractivity contribution < 1.29 is 13.9 Å². The van der Waals surface area contributed by atoms with E-state index in [0.717, 1.165) is 38.2 Å². The quantitative estimate of drug-likeness (QED) is 0.783. The maximum Gasteiger partial charge on any atom is 0.146 e. The first-order valence-corrected chi connectivity index (χ1v) is 7.57. The fraction of sp³-hybridized carbons (Fsp3) is 0.625. The van der Waals surface area contributed by atoms with Crippen LogP contribution in [0.4, 0.5) is 10.1 Å². The van der Waals surface area contributed by atoms with Crippen LogP contribution in [-0.2, 0) is 9.47 Å². The van der Waals surface area contributed by atoms with Crippen molar-refractivity contribution in [2.75, 3.05) is 51.5 Å². The van der Waals surface area contributed by atoms with Crippen molar-refractivity contribution in [3.63, 3.8) is 0 Å². The number of anilines is 1. The van der Waals surface area contributed by atoms with Crippen molar-refractivity contribution in [3.8, 4) is 0 Å². The minimum Gasteiger partial charge on any atom is -0.385 e. The Hall–Kier alpha value is -1.17. The Morgan fingerprint density at radius 1 is 1.38 bits per heavy atom. The van der Waals surface area contributed by atoms with Crippen LogP contribution in [0, 0.1) is 5.82 Å². The number of rotatable bonds is 7. The number of hydrogen-bond donors (Lipinski definition) is 1. The number of methoxy groups -OCH3 is 1. The molecule has 0 unspecified atom stereocenters. The fourth-order valence-electron chi connectivity index (χ4n) is 2.51. The molecule has 1 atom stereocenters. The number of ether oxygens (including phenoxy) is 2. The van der Waals surface area contributed by atoms with Gasteiger partial charge >= 0.3 is 0 Å². The van der Waals surface area contributed by atoms with E-state index in [1.165, 1.54) is 0 Å². The number of halogens is 1. The summed E-state index contributed by atoms with van der Waals surface area (Å²) in [5.41, 5.74) is 1.65. The van der Waals surface area contributed by atoms with Crippen molar-refractivity contribution in [2.45, 2.75) is 19.4 Å². The van der Waals surface area contributed by atoms with Crippen LogP contribution in [0.25, 0.3) is 0 Å². The molecule has 0 saturated carbocycles. The Labute approximate surface area is 126 Å². The van der Waals surface area contributed by atoms with Gasteiger partial charge in [-0.05, 0) is 37.6 Å². The van der Waals surface area contributed by atoms with Gasteiger partial charge in [0.2, 0.25) is 0 Å². The first kappa shape index (κ1) is 16.2. The summed E-state index contributed by atoms with van der Waals surface area (Å²) < 4.78 is 24.6. The predicted octanol–water partition coefficient (Wildman–Crippen LogP) is 2.35. The molecular weight excluding hydrogens is 271 g/mol. The third kappa shape index (κ3) is 4.66. The van der Waals surface area contributed by atoms with Crippen molar-refractivity contribution in [2.24, 2.45) is 0 Å². The first-order valence-electron chi connectivity index (χ1n) is 7.57. The molecule has 1 aromatic rings. The molecule has 0 amide bonds. The molecule has 1 fully saturated rings. The van der Waals surface area contributed by atoms with Gasteiger partial charge in [-0.15, -0.1) is 0 Å². The van der Waals surface area contributed by atoms with Crippen LogP contribution in [-0.4, -0.2) is 46.6 Å². The summed E-state index contributed by atoms with van der Waals surface area (Å²) in [6, 6.07) is 5.65. The van der Waals surface area contributed by atoms with Gasteiger partial charge in [0.05, 0.1) is 18.9 Å². The number of benzene rings is 1. The molecule has 1 saturated heterocycles. The van der Waals surface area contributed by atoms with Crippen molar-refractivity contribution in [3.05, 3.63) is 29.6 Å². The molecule has 118 valence electrons. The molecular formula is C16H25FN2O2. The molecule has 1 heterocycles. The standard InChI is InChI=1S/C16H25FN2O2/c1-13(18-6-3-9-20-2)14-4-5-16(15(17)12-14)19-7-10-21-11-8-19/h4-5,12-13,18H,3,6-11H2,1-2H3/t13-/m1/s1. The maximum absolute atomic E-state index is 14.3. The summed E-state index contributed by atoms with van der Waals surface area (Å²) in [7, 11) is 1.70. The first-order chi connectivity index (χ1) is 10.2. The Morgan fingerprint density at radius 2 is 2.14 bits per heavy atom. The van der Waals surface area contributed by atoms with E-state index in [9.17, 15) is 4.39 Å². The highest BCUT2D eigenvalue weighted by atomic mass is 19.1. The van der Waals surface area contributed by atoms with Crippen LogP contribution in [0.5, 0.6) is 0 Å². The lowest BCUT2D eigenvalue weighted by molar-refractivity contribution is 0.122. The lowest BCUT2D eigenvalue weighted by Crippen LogP contribution is -2.36. The van der Waals surface area contributed by atoms with Crippen molar-refractivity contribution in [1.82, 2.24) is 5.32 Å². The van der Waals surface area contributed by atoms with Crippen LogP contribution in [0.3, 0.4) is 0 Å². The van der Waals surface area contributed by atoms with E-state index in [0.29, 0.717) is 18.9 Å². The molecule has 0 spiro atoms. The number of morpholine rings is 1. The van der Waals surface area contributed by atoms with Gasteiger partial charge in [0.1, 0.15) is 5.82 Å². The van der Waals surface area contributed by atoms with Crippen LogP contribution in [0.2, 0.25) is 0 Å². The second-order valence-corrected chi connectivity index (χ2v) is 5.33. The van der Waals surface area contributed by atoms with Gasteiger partial charge in [0.25, 0.3) is 0 Å². The molecule has 0 aromatic heterocycles. The summed E-state index contributed by atoms with van der Waals surface area (Å²) in [5.74, 6) is -0.153. The van der Waals surface area contributed by atoms with E-state index in [-0.39, 0.29) is 11.9 Å². The lowest BCUT2D eigenvalue weighted by Gasteiger charge is -2.29. The average molecular weight is 296 g/mol. The van der Waals surface area contributed by atoms with E-state index in [1.807, 2.05) is 17.0 Å². The third-order valence-electron chi connectivity index (χ3n) is 3.80. The monoisotopic (exact) mass is 296 g/mol. The summed E-state index contributed by atoms with van der Waals surface area (Å²) in [6.45, 7) is 6.49. The van der Waals surface area contributed by atoms with Crippen molar-refractivity contribution >= 4 is 5.69 Å². The molecule has 0 bridgehead atoms. The Balaban J connectivity index is 1.94. The predicted molar refractivity (Wildman–Crippen MR) is 82.3 cm³/mol. The average Bonchev–Trinajstić information content (AvgIpc) is 2.52. The second kappa shape index (κ2) is 8.32. The van der Waals surface area contributed by atoms with E-state index in [1.54, 1.807) is 13.2 Å². The molecule has 0 aliphatic carbocycles. The van der Waals surface area contributed by atoms with E-state index in [4.69, 9.17) is 9.47 Å². The molecule has 0 radical (unpaired) electrons. The number of hydrogen-bond acceptors (Lipinski definition) is 4. The zero-order chi connectivity index (χ0) is 15.1. The Bertz CT molecular complexity index is 436. The van der Waals surface area contributed by atoms with E-state index < -0.39 is 0 Å². The van der Waals surface area contributed by atoms with Gasteiger partial charge < -0.3 is 19.7 Å². The van der Waals surface area contributed by atoms with E-state index >= 15 is 0 Å². The highest BCUT2D eigenvalue weighted by Crippen LogP contribution is 2.24. The van der Waals surface area contributed by atoms with Gasteiger partial charge in [-0.1, -0.05) is 6.07 Å². The SMILES string of the molecule is COCCCN[C@H](C)c1ccc(N2CCOCC2)c(F)c1. The van der Waals surface area contributed by atoms with Crippen LogP contribution < -0.4 is 10.2 Å². The van der Waals surface area contributed by atoms with Crippen molar-refractivity contribution in [1.29, 1.82) is 0 Å².